The lowest BCUT2D eigenvalue weighted by Gasteiger charge is -2.18. The van der Waals surface area contributed by atoms with Gasteiger partial charge in [-0.3, -0.25) is 19.0 Å². The number of amides is 2. The fourth-order valence-electron chi connectivity index (χ4n) is 2.96. The Balaban J connectivity index is 0.00000612. The number of esters is 1. The van der Waals surface area contributed by atoms with E-state index in [0.29, 0.717) is 28.2 Å². The van der Waals surface area contributed by atoms with Crippen molar-refractivity contribution in [1.29, 1.82) is 0 Å². The standard InChI is InChI=1S/C24H34N4O5S.ClH/c1-7-15(2)20(25)22(31)33-14-28-10-11-34-23(28)27-21(30)16-8-9-17(18(12-16)32-6)26-19(29)13-24(3,4)5;/h8-12,15,20H,7,13-14,25H2,1-6H3,(H,26,29);1H/t15-,20-;/m0./s1. The number of nitrogens with two attached hydrogens (primary N) is 1. The monoisotopic (exact) mass is 526 g/mol. The molecule has 2 rings (SSSR count). The van der Waals surface area contributed by atoms with Gasteiger partial charge in [0.1, 0.15) is 11.8 Å². The quantitative estimate of drug-likeness (QED) is 0.476. The largest absolute Gasteiger partial charge is 0.495 e. The minimum atomic E-state index is -0.707. The molecular weight excluding hydrogens is 492 g/mol. The molecule has 194 valence electrons. The number of rotatable bonds is 9. The summed E-state index contributed by atoms with van der Waals surface area (Å²) in [4.78, 5) is 41.7. The molecule has 0 saturated carbocycles. The molecule has 0 bridgehead atoms. The zero-order valence-corrected chi connectivity index (χ0v) is 22.6. The van der Waals surface area contributed by atoms with Crippen LogP contribution in [0.15, 0.2) is 34.8 Å². The van der Waals surface area contributed by atoms with Crippen LogP contribution in [0.3, 0.4) is 0 Å². The molecule has 0 radical (unpaired) electrons. The number of thiazole rings is 1. The van der Waals surface area contributed by atoms with Gasteiger partial charge >= 0.3 is 5.97 Å². The topological polar surface area (TPSA) is 125 Å². The number of hydrogen-bond donors (Lipinski definition) is 2. The number of benzene rings is 1. The molecule has 0 aliphatic carbocycles. The molecule has 2 atom stereocenters. The number of methoxy groups -OCH3 is 1. The van der Waals surface area contributed by atoms with Crippen molar-refractivity contribution in [3.05, 3.63) is 40.1 Å². The van der Waals surface area contributed by atoms with Gasteiger partial charge in [-0.2, -0.15) is 4.99 Å². The zero-order chi connectivity index (χ0) is 25.5. The van der Waals surface area contributed by atoms with Crippen molar-refractivity contribution in [3.63, 3.8) is 0 Å². The average Bonchev–Trinajstić information content (AvgIpc) is 3.21. The first kappa shape index (κ1) is 30.3. The second kappa shape index (κ2) is 13.4. The van der Waals surface area contributed by atoms with Crippen molar-refractivity contribution in [3.8, 4) is 5.75 Å². The minimum Gasteiger partial charge on any atom is -0.495 e. The highest BCUT2D eigenvalue weighted by atomic mass is 35.5. The number of halogens is 1. The SMILES string of the molecule is CC[C@H](C)[C@H](N)C(=O)OCn1ccsc1=NC(=O)c1ccc(NC(=O)CC(C)(C)C)c(OC)c1.Cl. The Kier molecular flexibility index (Phi) is 11.6. The molecule has 35 heavy (non-hydrogen) atoms. The van der Waals surface area contributed by atoms with Gasteiger partial charge in [0.15, 0.2) is 11.5 Å². The Morgan fingerprint density at radius 1 is 1.26 bits per heavy atom. The summed E-state index contributed by atoms with van der Waals surface area (Å²) in [5, 5.41) is 4.56. The summed E-state index contributed by atoms with van der Waals surface area (Å²) in [7, 11) is 1.46. The summed E-state index contributed by atoms with van der Waals surface area (Å²) in [6.07, 6.45) is 2.78. The first-order valence-electron chi connectivity index (χ1n) is 11.1. The van der Waals surface area contributed by atoms with Crippen LogP contribution in [0.1, 0.15) is 57.8 Å². The predicted molar refractivity (Wildman–Crippen MR) is 139 cm³/mol. The minimum absolute atomic E-state index is 0. The van der Waals surface area contributed by atoms with Crippen LogP contribution in [-0.2, 0) is 21.1 Å². The Bertz CT molecular complexity index is 1090. The van der Waals surface area contributed by atoms with Crippen LogP contribution >= 0.6 is 23.7 Å². The maximum atomic E-state index is 12.8. The molecule has 1 aromatic heterocycles. The molecule has 2 amide bonds. The third-order valence-electron chi connectivity index (χ3n) is 5.15. The van der Waals surface area contributed by atoms with Gasteiger partial charge in [-0.15, -0.1) is 23.7 Å². The molecule has 9 nitrogen and oxygen atoms in total. The number of ether oxygens (including phenoxy) is 2. The van der Waals surface area contributed by atoms with Crippen LogP contribution in [0.5, 0.6) is 5.75 Å². The Morgan fingerprint density at radius 3 is 2.54 bits per heavy atom. The van der Waals surface area contributed by atoms with Gasteiger partial charge in [0, 0.05) is 23.6 Å². The van der Waals surface area contributed by atoms with Crippen LogP contribution < -0.4 is 20.6 Å². The van der Waals surface area contributed by atoms with Gasteiger partial charge in [-0.05, 0) is 29.5 Å². The molecule has 11 heteroatoms. The van der Waals surface area contributed by atoms with Crippen molar-refractivity contribution in [1.82, 2.24) is 4.57 Å². The highest BCUT2D eigenvalue weighted by molar-refractivity contribution is 7.07. The van der Waals surface area contributed by atoms with E-state index in [1.165, 1.54) is 24.5 Å². The van der Waals surface area contributed by atoms with Crippen molar-refractivity contribution in [2.24, 2.45) is 22.1 Å². The molecule has 0 fully saturated rings. The smallest absolute Gasteiger partial charge is 0.324 e. The number of carbonyl (C=O) groups excluding carboxylic acids is 3. The molecule has 1 aromatic carbocycles. The fraction of sp³-hybridized carbons (Fsp3) is 0.500. The Morgan fingerprint density at radius 2 is 1.94 bits per heavy atom. The van der Waals surface area contributed by atoms with Crippen molar-refractivity contribution in [2.45, 2.75) is 60.2 Å². The molecule has 1 heterocycles. The zero-order valence-electron chi connectivity index (χ0n) is 21.0. The van der Waals surface area contributed by atoms with Gasteiger partial charge in [-0.25, -0.2) is 0 Å². The van der Waals surface area contributed by atoms with E-state index >= 15 is 0 Å². The van der Waals surface area contributed by atoms with E-state index in [1.807, 2.05) is 34.6 Å². The summed E-state index contributed by atoms with van der Waals surface area (Å²) in [6, 6.07) is 4.01. The van der Waals surface area contributed by atoms with E-state index in [0.717, 1.165) is 6.42 Å². The van der Waals surface area contributed by atoms with E-state index < -0.39 is 17.9 Å². The third kappa shape index (κ3) is 9.12. The summed E-state index contributed by atoms with van der Waals surface area (Å²) in [5.74, 6) is -0.780. The molecule has 0 aliphatic heterocycles. The van der Waals surface area contributed by atoms with Crippen LogP contribution in [0.4, 0.5) is 5.69 Å². The number of anilines is 1. The van der Waals surface area contributed by atoms with Gasteiger partial charge in [-0.1, -0.05) is 41.0 Å². The summed E-state index contributed by atoms with van der Waals surface area (Å²) in [5.41, 5.74) is 6.52. The van der Waals surface area contributed by atoms with Crippen molar-refractivity contribution >= 4 is 47.2 Å². The van der Waals surface area contributed by atoms with Gasteiger partial charge < -0.3 is 20.5 Å². The van der Waals surface area contributed by atoms with Crippen LogP contribution in [-0.4, -0.2) is 35.5 Å². The van der Waals surface area contributed by atoms with E-state index in [1.54, 1.807) is 28.3 Å². The molecule has 3 N–H and O–H groups in total. The number of hydrogen-bond acceptors (Lipinski definition) is 7. The lowest BCUT2D eigenvalue weighted by atomic mass is 9.92. The van der Waals surface area contributed by atoms with Crippen LogP contribution in [0.2, 0.25) is 0 Å². The molecule has 0 aliphatic rings. The van der Waals surface area contributed by atoms with Gasteiger partial charge in [0.2, 0.25) is 5.91 Å². The van der Waals surface area contributed by atoms with E-state index in [4.69, 9.17) is 15.2 Å². The second-order valence-corrected chi connectivity index (χ2v) is 10.1. The highest BCUT2D eigenvalue weighted by Gasteiger charge is 2.21. The predicted octanol–water partition coefficient (Wildman–Crippen LogP) is 3.97. The van der Waals surface area contributed by atoms with Crippen LogP contribution in [0, 0.1) is 11.3 Å². The van der Waals surface area contributed by atoms with Gasteiger partial charge in [0.05, 0.1) is 12.8 Å². The fourth-order valence-corrected chi connectivity index (χ4v) is 3.67. The molecule has 0 unspecified atom stereocenters. The Hall–Kier alpha value is -2.69. The second-order valence-electron chi connectivity index (χ2n) is 9.28. The molecule has 0 spiro atoms. The van der Waals surface area contributed by atoms with E-state index in [9.17, 15) is 14.4 Å². The molecular formula is C24H35ClN4O5S. The first-order valence-corrected chi connectivity index (χ1v) is 12.0. The number of nitrogens with one attached hydrogen (secondary N) is 1. The summed E-state index contributed by atoms with van der Waals surface area (Å²) < 4.78 is 12.2. The lowest BCUT2D eigenvalue weighted by Crippen LogP contribution is -2.38. The lowest BCUT2D eigenvalue weighted by molar-refractivity contribution is -0.150. The maximum Gasteiger partial charge on any atom is 0.324 e. The van der Waals surface area contributed by atoms with Crippen molar-refractivity contribution < 1.29 is 23.9 Å². The van der Waals surface area contributed by atoms with Crippen molar-refractivity contribution in [2.75, 3.05) is 12.4 Å². The molecule has 0 saturated heterocycles. The van der Waals surface area contributed by atoms with E-state index in [2.05, 4.69) is 10.3 Å². The average molecular weight is 527 g/mol. The van der Waals surface area contributed by atoms with Gasteiger partial charge in [0.25, 0.3) is 5.91 Å². The first-order chi connectivity index (χ1) is 15.9. The maximum absolute atomic E-state index is 12.8. The number of nitrogens with zero attached hydrogens (tertiary/aromatic N) is 2. The van der Waals surface area contributed by atoms with E-state index in [-0.39, 0.29) is 36.4 Å². The van der Waals surface area contributed by atoms with Crippen LogP contribution in [0.25, 0.3) is 0 Å². The summed E-state index contributed by atoms with van der Waals surface area (Å²) >= 11 is 1.23. The number of aromatic nitrogens is 1. The highest BCUT2D eigenvalue weighted by Crippen LogP contribution is 2.27. The normalized spacial score (nSPS) is 13.4. The Labute approximate surface area is 216 Å². The molecule has 2 aromatic rings. The number of carbonyl (C=O) groups is 3. The summed E-state index contributed by atoms with van der Waals surface area (Å²) in [6.45, 7) is 9.68. The third-order valence-corrected chi connectivity index (χ3v) is 5.94.